The van der Waals surface area contributed by atoms with Gasteiger partial charge in [0.2, 0.25) is 9.84 Å². The van der Waals surface area contributed by atoms with E-state index in [2.05, 4.69) is 5.73 Å². The molecule has 0 fully saturated rings. The van der Waals surface area contributed by atoms with E-state index in [0.29, 0.717) is 0 Å². The zero-order valence-corrected chi connectivity index (χ0v) is 10.5. The summed E-state index contributed by atoms with van der Waals surface area (Å²) in [7, 11) is -8.63. The second-order valence-corrected chi connectivity index (χ2v) is 7.27. The number of benzene rings is 1. The van der Waals surface area contributed by atoms with Crippen LogP contribution in [0.4, 0.5) is 4.79 Å². The number of rotatable bonds is 2. The lowest BCUT2D eigenvalue weighted by Crippen LogP contribution is -2.36. The summed E-state index contributed by atoms with van der Waals surface area (Å²) in [5, 5.41) is 0. The first kappa shape index (κ1) is 12.6. The topological polar surface area (TPSA) is 123 Å². The third kappa shape index (κ3) is 1.87. The number of amides is 2. The molecule has 0 aromatic heterocycles. The van der Waals surface area contributed by atoms with E-state index >= 15 is 0 Å². The zero-order chi connectivity index (χ0) is 13.6. The van der Waals surface area contributed by atoms with Crippen LogP contribution in [0.1, 0.15) is 5.56 Å². The monoisotopic (exact) mass is 288 g/mol. The normalized spacial score (nSPS) is 16.8. The third-order valence-electron chi connectivity index (χ3n) is 2.25. The fourth-order valence-corrected chi connectivity index (χ4v) is 4.95. The van der Waals surface area contributed by atoms with Crippen molar-refractivity contribution in [3.05, 3.63) is 34.1 Å². The van der Waals surface area contributed by atoms with Crippen LogP contribution in [0.3, 0.4) is 0 Å². The van der Waals surface area contributed by atoms with E-state index in [4.69, 9.17) is 0 Å². The molecule has 1 aliphatic rings. The summed E-state index contributed by atoms with van der Waals surface area (Å²) in [5.74, 6) is 0. The number of urea groups is 1. The number of carbonyl (C=O) groups excluding carboxylic acids is 1. The van der Waals surface area contributed by atoms with Crippen molar-refractivity contribution in [2.75, 3.05) is 0 Å². The second-order valence-electron chi connectivity index (χ2n) is 3.47. The van der Waals surface area contributed by atoms with Gasteiger partial charge in [-0.05, 0) is 17.7 Å². The van der Waals surface area contributed by atoms with Gasteiger partial charge in [-0.15, -0.1) is 0 Å². The number of carbonyl (C=O) groups is 1. The highest BCUT2D eigenvalue weighted by molar-refractivity contribution is 8.14. The van der Waals surface area contributed by atoms with E-state index in [1.54, 1.807) is 6.07 Å². The number of hydrogen-bond donors (Lipinski definition) is 2. The third-order valence-corrected chi connectivity index (χ3v) is 6.28. The van der Waals surface area contributed by atoms with Crippen molar-refractivity contribution in [1.82, 2.24) is 4.72 Å². The number of sulfonamides is 1. The average molecular weight is 288 g/mol. The van der Waals surface area contributed by atoms with Gasteiger partial charge in [-0.2, -0.15) is 0 Å². The molecule has 0 bridgehead atoms. The number of fused-ring (bicyclic) bond motifs is 1. The maximum absolute atomic E-state index is 12.0. The zero-order valence-electron chi connectivity index (χ0n) is 8.82. The lowest BCUT2D eigenvalue weighted by molar-refractivity contribution is 0.253. The van der Waals surface area contributed by atoms with Crippen molar-refractivity contribution in [2.24, 2.45) is 5.73 Å². The minimum absolute atomic E-state index is 0.116. The first-order valence-electron chi connectivity index (χ1n) is 4.63. The summed E-state index contributed by atoms with van der Waals surface area (Å²) in [6.45, 7) is 0. The van der Waals surface area contributed by atoms with Gasteiger partial charge in [0.05, 0.1) is 4.90 Å². The second kappa shape index (κ2) is 3.82. The molecule has 0 radical (unpaired) electrons. The molecule has 1 aromatic carbocycles. The molecule has 0 aliphatic carbocycles. The molecule has 0 saturated carbocycles. The maximum atomic E-state index is 12.0. The van der Waals surface area contributed by atoms with Crippen LogP contribution in [0.25, 0.3) is 6.08 Å². The van der Waals surface area contributed by atoms with Crippen molar-refractivity contribution in [3.8, 4) is 0 Å². The fourth-order valence-electron chi connectivity index (χ4n) is 1.56. The molecule has 0 saturated heterocycles. The highest BCUT2D eigenvalue weighted by Crippen LogP contribution is 2.34. The van der Waals surface area contributed by atoms with Gasteiger partial charge in [0.1, 0.15) is 0 Å². The summed E-state index contributed by atoms with van der Waals surface area (Å²) < 4.78 is 47.8. The van der Waals surface area contributed by atoms with Gasteiger partial charge in [0.25, 0.3) is 10.0 Å². The van der Waals surface area contributed by atoms with Gasteiger partial charge < -0.3 is 5.73 Å². The van der Waals surface area contributed by atoms with Crippen molar-refractivity contribution in [1.29, 1.82) is 0 Å². The Kier molecular flexibility index (Phi) is 2.67. The molecular weight excluding hydrogens is 280 g/mol. The van der Waals surface area contributed by atoms with Gasteiger partial charge in [-0.25, -0.2) is 26.4 Å². The van der Waals surface area contributed by atoms with E-state index in [1.807, 2.05) is 0 Å². The summed E-state index contributed by atoms with van der Waals surface area (Å²) in [6, 6.07) is 4.44. The average Bonchev–Trinajstić information content (AvgIpc) is 2.50. The van der Waals surface area contributed by atoms with E-state index in [0.717, 1.165) is 6.08 Å². The number of nitrogens with one attached hydrogen (secondary N) is 1. The molecule has 18 heavy (non-hydrogen) atoms. The van der Waals surface area contributed by atoms with Crippen molar-refractivity contribution in [2.45, 2.75) is 4.90 Å². The Morgan fingerprint density at radius 1 is 1.22 bits per heavy atom. The van der Waals surface area contributed by atoms with Crippen LogP contribution in [0.5, 0.6) is 0 Å². The molecular formula is C9H8N2O5S2. The summed E-state index contributed by atoms with van der Waals surface area (Å²) >= 11 is 0. The molecule has 9 heteroatoms. The molecule has 96 valence electrons. The Bertz CT molecular complexity index is 762. The first-order valence-corrected chi connectivity index (χ1v) is 7.60. The predicted molar refractivity (Wildman–Crippen MR) is 63.2 cm³/mol. The van der Waals surface area contributed by atoms with Crippen molar-refractivity contribution in [3.63, 3.8) is 0 Å². The Balaban J connectivity index is 2.62. The van der Waals surface area contributed by atoms with Crippen LogP contribution < -0.4 is 10.5 Å². The van der Waals surface area contributed by atoms with Gasteiger partial charge in [-0.3, -0.25) is 0 Å². The molecule has 0 unspecified atom stereocenters. The van der Waals surface area contributed by atoms with E-state index < -0.39 is 30.1 Å². The molecule has 0 atom stereocenters. The Morgan fingerprint density at radius 2 is 1.83 bits per heavy atom. The SMILES string of the molecule is NC(=O)NS(=O)(=O)C1=Cc2ccccc2S1(=O)=O. The van der Waals surface area contributed by atoms with Gasteiger partial charge in [0.15, 0.2) is 4.24 Å². The molecule has 3 N–H and O–H groups in total. The van der Waals surface area contributed by atoms with Crippen LogP contribution in [0.2, 0.25) is 0 Å². The van der Waals surface area contributed by atoms with Crippen LogP contribution in [0, 0.1) is 0 Å². The molecule has 0 spiro atoms. The summed E-state index contributed by atoms with van der Waals surface area (Å²) in [5.41, 5.74) is 4.94. The van der Waals surface area contributed by atoms with Crippen molar-refractivity contribution < 1.29 is 21.6 Å². The minimum atomic E-state index is -4.49. The Hall–Kier alpha value is -1.87. The maximum Gasteiger partial charge on any atom is 0.326 e. The van der Waals surface area contributed by atoms with Crippen LogP contribution >= 0.6 is 0 Å². The van der Waals surface area contributed by atoms with E-state index in [1.165, 1.54) is 22.9 Å². The Morgan fingerprint density at radius 3 is 2.39 bits per heavy atom. The van der Waals surface area contributed by atoms with Crippen molar-refractivity contribution >= 4 is 32.0 Å². The summed E-state index contributed by atoms with van der Waals surface area (Å²) in [6.07, 6.45) is 0.982. The van der Waals surface area contributed by atoms with E-state index in [-0.39, 0.29) is 10.5 Å². The van der Waals surface area contributed by atoms with Gasteiger partial charge in [-0.1, -0.05) is 18.2 Å². The molecule has 2 rings (SSSR count). The quantitative estimate of drug-likeness (QED) is 0.778. The summed E-state index contributed by atoms with van der Waals surface area (Å²) in [4.78, 5) is 10.4. The van der Waals surface area contributed by atoms with E-state index in [9.17, 15) is 21.6 Å². The largest absolute Gasteiger partial charge is 0.351 e. The number of primary amides is 1. The van der Waals surface area contributed by atoms with Gasteiger partial charge in [0, 0.05) is 0 Å². The fraction of sp³-hybridized carbons (Fsp3) is 0. The Labute approximate surface area is 103 Å². The molecule has 7 nitrogen and oxygen atoms in total. The van der Waals surface area contributed by atoms with Crippen LogP contribution in [-0.4, -0.2) is 22.9 Å². The lowest BCUT2D eigenvalue weighted by atomic mass is 10.2. The molecule has 1 aliphatic heterocycles. The van der Waals surface area contributed by atoms with Crippen LogP contribution in [-0.2, 0) is 19.9 Å². The molecule has 2 amide bonds. The standard InChI is InChI=1S/C9H8N2O5S2/c10-9(12)11-18(15,16)8-5-6-3-1-2-4-7(6)17(8,13)14/h1-5H,(H3,10,11,12). The highest BCUT2D eigenvalue weighted by Gasteiger charge is 2.38. The smallest absolute Gasteiger partial charge is 0.326 e. The number of hydrogen-bond acceptors (Lipinski definition) is 5. The molecule has 1 aromatic rings. The van der Waals surface area contributed by atoms with Gasteiger partial charge >= 0.3 is 6.03 Å². The minimum Gasteiger partial charge on any atom is -0.351 e. The van der Waals surface area contributed by atoms with Crippen LogP contribution in [0.15, 0.2) is 33.4 Å². The first-order chi connectivity index (χ1) is 8.25. The highest BCUT2D eigenvalue weighted by atomic mass is 32.3. The number of nitrogens with two attached hydrogens (primary N) is 1. The predicted octanol–water partition coefficient (Wildman–Crippen LogP) is -0.230. The molecule has 1 heterocycles. The lowest BCUT2D eigenvalue weighted by Gasteiger charge is -2.05. The number of sulfone groups is 1.